The summed E-state index contributed by atoms with van der Waals surface area (Å²) in [6.45, 7) is 2.85. The van der Waals surface area contributed by atoms with Crippen molar-refractivity contribution in [1.82, 2.24) is 10.2 Å². The molecular weight excluding hydrogens is 351 g/mol. The number of carbonyl (C=O) groups excluding carboxylic acids is 2. The van der Waals surface area contributed by atoms with E-state index in [0.29, 0.717) is 30.0 Å². The summed E-state index contributed by atoms with van der Waals surface area (Å²) in [6.07, 6.45) is 0. The Morgan fingerprint density at radius 2 is 1.89 bits per heavy atom. The molecule has 0 unspecified atom stereocenters. The van der Waals surface area contributed by atoms with Crippen LogP contribution < -0.4 is 10.1 Å². The molecule has 0 aliphatic carbocycles. The number of hydrogen-bond donors (Lipinski definition) is 1. The number of nitrogens with one attached hydrogen (secondary N) is 1. The Labute approximate surface area is 157 Å². The van der Waals surface area contributed by atoms with Gasteiger partial charge in [-0.05, 0) is 42.3 Å². The maximum absolute atomic E-state index is 13.3. The Balaban J connectivity index is 2.03. The van der Waals surface area contributed by atoms with Crippen LogP contribution in [0.25, 0.3) is 0 Å². The predicted molar refractivity (Wildman–Crippen MR) is 99.1 cm³/mol. The number of carbonyl (C=O) groups is 2. The molecule has 0 saturated carbocycles. The lowest BCUT2D eigenvalue weighted by Gasteiger charge is -2.21. The molecule has 0 heterocycles. The number of hydrogen-bond acceptors (Lipinski definition) is 4. The molecule has 0 saturated heterocycles. The molecule has 7 heteroatoms. The molecular formula is C20H23FN2O4. The van der Waals surface area contributed by atoms with Crippen LogP contribution in [-0.4, -0.2) is 37.7 Å². The summed E-state index contributed by atoms with van der Waals surface area (Å²) in [6, 6.07) is 10.9. The lowest BCUT2D eigenvalue weighted by Crippen LogP contribution is -2.39. The summed E-state index contributed by atoms with van der Waals surface area (Å²) in [5, 5.41) is 2.81. The Morgan fingerprint density at radius 3 is 2.52 bits per heavy atom. The molecule has 6 nitrogen and oxygen atoms in total. The lowest BCUT2D eigenvalue weighted by atomic mass is 10.1. The fourth-order valence-electron chi connectivity index (χ4n) is 2.61. The van der Waals surface area contributed by atoms with Crippen LogP contribution in [0.4, 0.5) is 9.18 Å². The number of esters is 1. The highest BCUT2D eigenvalue weighted by Crippen LogP contribution is 2.20. The molecule has 2 rings (SSSR count). The van der Waals surface area contributed by atoms with Gasteiger partial charge in [-0.25, -0.2) is 14.0 Å². The van der Waals surface area contributed by atoms with Crippen molar-refractivity contribution in [3.63, 3.8) is 0 Å². The Morgan fingerprint density at radius 1 is 1.11 bits per heavy atom. The molecule has 0 radical (unpaired) electrons. The van der Waals surface area contributed by atoms with E-state index in [1.54, 1.807) is 35.2 Å². The first kappa shape index (κ1) is 20.2. The summed E-state index contributed by atoms with van der Waals surface area (Å²) in [5.41, 5.74) is 1.73. The third-order valence-corrected chi connectivity index (χ3v) is 4.04. The van der Waals surface area contributed by atoms with Crippen LogP contribution in [0.5, 0.6) is 5.75 Å². The number of halogens is 1. The number of benzene rings is 2. The van der Waals surface area contributed by atoms with Crippen LogP contribution >= 0.6 is 0 Å². The highest BCUT2D eigenvalue weighted by atomic mass is 19.1. The smallest absolute Gasteiger partial charge is 0.341 e. The second-order valence-electron chi connectivity index (χ2n) is 5.83. The molecule has 0 aromatic heterocycles. The summed E-state index contributed by atoms with van der Waals surface area (Å²) in [4.78, 5) is 25.8. The van der Waals surface area contributed by atoms with E-state index in [2.05, 4.69) is 5.32 Å². The number of methoxy groups -OCH3 is 2. The first-order valence-corrected chi connectivity index (χ1v) is 8.51. The number of nitrogens with zero attached hydrogens (tertiary/aromatic N) is 1. The Kier molecular flexibility index (Phi) is 7.16. The number of ether oxygens (including phenoxy) is 2. The fourth-order valence-corrected chi connectivity index (χ4v) is 2.61. The van der Waals surface area contributed by atoms with Crippen LogP contribution in [0.2, 0.25) is 0 Å². The fraction of sp³-hybridized carbons (Fsp3) is 0.300. The van der Waals surface area contributed by atoms with Gasteiger partial charge in [-0.3, -0.25) is 0 Å². The van der Waals surface area contributed by atoms with Gasteiger partial charge in [0, 0.05) is 19.6 Å². The van der Waals surface area contributed by atoms with Crippen molar-refractivity contribution < 1.29 is 23.5 Å². The van der Waals surface area contributed by atoms with E-state index in [9.17, 15) is 14.0 Å². The summed E-state index contributed by atoms with van der Waals surface area (Å²) in [5.74, 6) is -0.447. The Bertz CT molecular complexity index is 810. The van der Waals surface area contributed by atoms with Gasteiger partial charge in [-0.2, -0.15) is 0 Å². The first-order chi connectivity index (χ1) is 13.0. The topological polar surface area (TPSA) is 67.9 Å². The van der Waals surface area contributed by atoms with Crippen molar-refractivity contribution >= 4 is 12.0 Å². The van der Waals surface area contributed by atoms with Crippen molar-refractivity contribution in [2.45, 2.75) is 20.0 Å². The van der Waals surface area contributed by atoms with Gasteiger partial charge in [-0.15, -0.1) is 0 Å². The maximum atomic E-state index is 13.3. The molecule has 0 bridgehead atoms. The van der Waals surface area contributed by atoms with Crippen LogP contribution in [0.1, 0.15) is 28.4 Å². The minimum absolute atomic E-state index is 0.229. The van der Waals surface area contributed by atoms with Crippen LogP contribution in [0, 0.1) is 5.82 Å². The third-order valence-electron chi connectivity index (χ3n) is 4.04. The Hall–Kier alpha value is -3.09. The molecule has 0 spiro atoms. The molecule has 1 N–H and O–H groups in total. The normalized spacial score (nSPS) is 10.2. The molecule has 0 aliphatic heterocycles. The van der Waals surface area contributed by atoms with E-state index in [1.165, 1.54) is 26.4 Å². The zero-order valence-corrected chi connectivity index (χ0v) is 15.6. The van der Waals surface area contributed by atoms with Gasteiger partial charge in [0.2, 0.25) is 0 Å². The quantitative estimate of drug-likeness (QED) is 0.755. The van der Waals surface area contributed by atoms with Crippen molar-refractivity contribution in [2.75, 3.05) is 20.8 Å². The molecule has 0 fully saturated rings. The van der Waals surface area contributed by atoms with Crippen molar-refractivity contribution in [3.05, 3.63) is 65.0 Å². The second-order valence-corrected chi connectivity index (χ2v) is 5.83. The third kappa shape index (κ3) is 5.44. The lowest BCUT2D eigenvalue weighted by molar-refractivity contribution is 0.0597. The van der Waals surface area contributed by atoms with E-state index in [0.717, 1.165) is 5.56 Å². The van der Waals surface area contributed by atoms with Gasteiger partial charge < -0.3 is 19.7 Å². The monoisotopic (exact) mass is 374 g/mol. The van der Waals surface area contributed by atoms with Crippen LogP contribution in [0.15, 0.2) is 42.5 Å². The highest BCUT2D eigenvalue weighted by molar-refractivity contribution is 5.92. The number of urea groups is 1. The van der Waals surface area contributed by atoms with Crippen molar-refractivity contribution in [2.24, 2.45) is 0 Å². The molecule has 2 aromatic rings. The van der Waals surface area contributed by atoms with Crippen molar-refractivity contribution in [1.29, 1.82) is 0 Å². The molecule has 2 aromatic carbocycles. The van der Waals surface area contributed by atoms with Gasteiger partial charge in [0.05, 0.1) is 14.2 Å². The summed E-state index contributed by atoms with van der Waals surface area (Å²) < 4.78 is 23.2. The average Bonchev–Trinajstić information content (AvgIpc) is 2.69. The standard InChI is InChI=1S/C20H23FN2O4/c1-4-23(13-15-6-5-7-16(21)10-15)20(25)22-12-14-8-9-18(26-2)17(11-14)19(24)27-3/h5-11H,4,12-13H2,1-3H3,(H,22,25). The van der Waals surface area contributed by atoms with Gasteiger partial charge in [0.1, 0.15) is 17.1 Å². The zero-order chi connectivity index (χ0) is 19.8. The van der Waals surface area contributed by atoms with E-state index in [-0.39, 0.29) is 18.4 Å². The molecule has 144 valence electrons. The highest BCUT2D eigenvalue weighted by Gasteiger charge is 2.15. The van der Waals surface area contributed by atoms with Gasteiger partial charge in [0.15, 0.2) is 0 Å². The number of amides is 2. The SMILES string of the molecule is CCN(Cc1cccc(F)c1)C(=O)NCc1ccc(OC)c(C(=O)OC)c1. The van der Waals surface area contributed by atoms with Gasteiger partial charge in [0.25, 0.3) is 0 Å². The van der Waals surface area contributed by atoms with Gasteiger partial charge >= 0.3 is 12.0 Å². The average molecular weight is 374 g/mol. The van der Waals surface area contributed by atoms with Crippen LogP contribution in [0.3, 0.4) is 0 Å². The van der Waals surface area contributed by atoms with E-state index in [4.69, 9.17) is 9.47 Å². The van der Waals surface area contributed by atoms with E-state index in [1.807, 2.05) is 6.92 Å². The van der Waals surface area contributed by atoms with Gasteiger partial charge in [-0.1, -0.05) is 18.2 Å². The molecule has 27 heavy (non-hydrogen) atoms. The van der Waals surface area contributed by atoms with E-state index >= 15 is 0 Å². The first-order valence-electron chi connectivity index (χ1n) is 8.51. The summed E-state index contributed by atoms with van der Waals surface area (Å²) in [7, 11) is 2.76. The molecule has 0 aliphatic rings. The molecule has 0 atom stereocenters. The summed E-state index contributed by atoms with van der Waals surface area (Å²) >= 11 is 0. The number of rotatable bonds is 7. The van der Waals surface area contributed by atoms with Crippen LogP contribution in [-0.2, 0) is 17.8 Å². The minimum Gasteiger partial charge on any atom is -0.496 e. The minimum atomic E-state index is -0.513. The second kappa shape index (κ2) is 9.56. The van der Waals surface area contributed by atoms with Crippen molar-refractivity contribution in [3.8, 4) is 5.75 Å². The molecule has 2 amide bonds. The van der Waals surface area contributed by atoms with E-state index < -0.39 is 5.97 Å². The largest absolute Gasteiger partial charge is 0.496 e. The zero-order valence-electron chi connectivity index (χ0n) is 15.6. The maximum Gasteiger partial charge on any atom is 0.341 e. The predicted octanol–water partition coefficient (Wildman–Crippen LogP) is 3.35.